The van der Waals surface area contributed by atoms with Crippen molar-refractivity contribution in [2.75, 3.05) is 0 Å². The molecule has 0 saturated heterocycles. The quantitative estimate of drug-likeness (QED) is 0.794. The molecular weight excluding hydrogens is 337 g/mol. The Balaban J connectivity index is 1.80. The average Bonchev–Trinajstić information content (AvgIpc) is 3.18. The van der Waals surface area contributed by atoms with Gasteiger partial charge >= 0.3 is 0 Å². The number of thiophene rings is 1. The summed E-state index contributed by atoms with van der Waals surface area (Å²) in [6.45, 7) is 0.578. The van der Waals surface area contributed by atoms with Crippen LogP contribution in [-0.2, 0) is 11.3 Å². The molecule has 1 aromatic heterocycles. The number of hydrogen-bond acceptors (Lipinski definition) is 2. The number of benzene rings is 1. The van der Waals surface area contributed by atoms with Crippen LogP contribution in [0.2, 0.25) is 10.0 Å². The van der Waals surface area contributed by atoms with Gasteiger partial charge in [-0.05, 0) is 54.0 Å². The number of hydrogen-bond donors (Lipinski definition) is 1. The standard InChI is InChI=1S/C17H15Cl2NOS/c18-15-7-6-11(9-16(15)19)13-4-1-5-14(13)17(21)20-10-12-3-2-8-22-12/h2-3,6-9H,1,4-5,10H2,(H,20,21). The van der Waals surface area contributed by atoms with Gasteiger partial charge in [-0.2, -0.15) is 0 Å². The Bertz CT molecular complexity index is 722. The molecule has 3 rings (SSSR count). The van der Waals surface area contributed by atoms with E-state index in [1.54, 1.807) is 17.4 Å². The van der Waals surface area contributed by atoms with Crippen LogP contribution in [0.15, 0.2) is 41.3 Å². The molecule has 0 atom stereocenters. The first-order valence-electron chi connectivity index (χ1n) is 7.13. The first-order chi connectivity index (χ1) is 10.6. The number of halogens is 2. The van der Waals surface area contributed by atoms with Crippen LogP contribution in [0.3, 0.4) is 0 Å². The van der Waals surface area contributed by atoms with Crippen LogP contribution in [0.25, 0.3) is 5.57 Å². The van der Waals surface area contributed by atoms with Crippen molar-refractivity contribution in [1.29, 1.82) is 0 Å². The maximum absolute atomic E-state index is 12.5. The zero-order chi connectivity index (χ0) is 15.5. The summed E-state index contributed by atoms with van der Waals surface area (Å²) in [6, 6.07) is 9.57. The van der Waals surface area contributed by atoms with Gasteiger partial charge in [0.2, 0.25) is 5.91 Å². The van der Waals surface area contributed by atoms with Gasteiger partial charge in [-0.25, -0.2) is 0 Å². The van der Waals surface area contributed by atoms with Crippen molar-refractivity contribution in [2.45, 2.75) is 25.8 Å². The molecule has 22 heavy (non-hydrogen) atoms. The van der Waals surface area contributed by atoms with E-state index in [9.17, 15) is 4.79 Å². The molecule has 1 heterocycles. The highest BCUT2D eigenvalue weighted by Crippen LogP contribution is 2.36. The van der Waals surface area contributed by atoms with Crippen LogP contribution in [0.4, 0.5) is 0 Å². The third-order valence-electron chi connectivity index (χ3n) is 3.76. The molecule has 1 amide bonds. The van der Waals surface area contributed by atoms with E-state index in [-0.39, 0.29) is 5.91 Å². The van der Waals surface area contributed by atoms with E-state index < -0.39 is 0 Å². The predicted octanol–water partition coefficient (Wildman–Crippen LogP) is 5.31. The van der Waals surface area contributed by atoms with E-state index in [4.69, 9.17) is 23.2 Å². The molecule has 1 N–H and O–H groups in total. The summed E-state index contributed by atoms with van der Waals surface area (Å²) in [5.74, 6) is 0.0203. The molecule has 0 bridgehead atoms. The molecule has 0 spiro atoms. The van der Waals surface area contributed by atoms with E-state index in [0.717, 1.165) is 40.8 Å². The van der Waals surface area contributed by atoms with Gasteiger partial charge in [0.1, 0.15) is 0 Å². The van der Waals surface area contributed by atoms with Gasteiger partial charge in [0.15, 0.2) is 0 Å². The van der Waals surface area contributed by atoms with Crippen molar-refractivity contribution in [1.82, 2.24) is 5.32 Å². The van der Waals surface area contributed by atoms with E-state index >= 15 is 0 Å². The second kappa shape index (κ2) is 6.86. The fourth-order valence-electron chi connectivity index (χ4n) is 2.68. The smallest absolute Gasteiger partial charge is 0.247 e. The molecule has 1 aliphatic carbocycles. The number of nitrogens with one attached hydrogen (secondary N) is 1. The Kier molecular flexibility index (Phi) is 4.87. The first-order valence-corrected chi connectivity index (χ1v) is 8.77. The molecule has 0 radical (unpaired) electrons. The van der Waals surface area contributed by atoms with Crippen molar-refractivity contribution in [3.8, 4) is 0 Å². The zero-order valence-corrected chi connectivity index (χ0v) is 14.2. The summed E-state index contributed by atoms with van der Waals surface area (Å²) in [7, 11) is 0. The van der Waals surface area contributed by atoms with Gasteiger partial charge in [-0.3, -0.25) is 4.79 Å². The number of carbonyl (C=O) groups excluding carboxylic acids is 1. The number of amides is 1. The van der Waals surface area contributed by atoms with Crippen LogP contribution in [0.1, 0.15) is 29.7 Å². The lowest BCUT2D eigenvalue weighted by atomic mass is 10.0. The van der Waals surface area contributed by atoms with Crippen molar-refractivity contribution >= 4 is 46.0 Å². The van der Waals surface area contributed by atoms with Crippen molar-refractivity contribution in [2.24, 2.45) is 0 Å². The van der Waals surface area contributed by atoms with E-state index in [1.807, 2.05) is 29.6 Å². The van der Waals surface area contributed by atoms with Gasteiger partial charge in [0.05, 0.1) is 16.6 Å². The largest absolute Gasteiger partial charge is 0.347 e. The molecule has 114 valence electrons. The number of allylic oxidation sites excluding steroid dienone is 1. The topological polar surface area (TPSA) is 29.1 Å². The second-order valence-corrected chi connectivity index (χ2v) is 7.05. The Hall–Kier alpha value is -1.29. The zero-order valence-electron chi connectivity index (χ0n) is 11.9. The Morgan fingerprint density at radius 1 is 1.18 bits per heavy atom. The maximum Gasteiger partial charge on any atom is 0.247 e. The summed E-state index contributed by atoms with van der Waals surface area (Å²) < 4.78 is 0. The van der Waals surface area contributed by atoms with Crippen LogP contribution >= 0.6 is 34.5 Å². The van der Waals surface area contributed by atoms with Crippen molar-refractivity contribution in [3.05, 3.63) is 61.8 Å². The molecule has 0 fully saturated rings. The Labute approximate surface area is 143 Å². The molecule has 2 nitrogen and oxygen atoms in total. The lowest BCUT2D eigenvalue weighted by Gasteiger charge is -2.09. The molecule has 0 aliphatic heterocycles. The first kappa shape index (κ1) is 15.6. The van der Waals surface area contributed by atoms with Gasteiger partial charge in [-0.15, -0.1) is 11.3 Å². The summed E-state index contributed by atoms with van der Waals surface area (Å²) in [6.07, 6.45) is 2.71. The Morgan fingerprint density at radius 3 is 2.77 bits per heavy atom. The summed E-state index contributed by atoms with van der Waals surface area (Å²) >= 11 is 13.7. The van der Waals surface area contributed by atoms with Crippen LogP contribution in [0, 0.1) is 0 Å². The highest BCUT2D eigenvalue weighted by molar-refractivity contribution is 7.09. The lowest BCUT2D eigenvalue weighted by molar-refractivity contribution is -0.117. The third kappa shape index (κ3) is 3.37. The van der Waals surface area contributed by atoms with Crippen LogP contribution < -0.4 is 5.32 Å². The van der Waals surface area contributed by atoms with Gasteiger partial charge in [-0.1, -0.05) is 35.3 Å². The SMILES string of the molecule is O=C(NCc1cccs1)C1=C(c2ccc(Cl)c(Cl)c2)CCC1. The minimum Gasteiger partial charge on any atom is -0.347 e. The summed E-state index contributed by atoms with van der Waals surface area (Å²) in [5.41, 5.74) is 2.95. The van der Waals surface area contributed by atoms with Crippen LogP contribution in [0.5, 0.6) is 0 Å². The minimum atomic E-state index is 0.0203. The fourth-order valence-corrected chi connectivity index (χ4v) is 3.63. The summed E-state index contributed by atoms with van der Waals surface area (Å²) in [5, 5.41) is 6.08. The van der Waals surface area contributed by atoms with E-state index in [0.29, 0.717) is 16.6 Å². The van der Waals surface area contributed by atoms with E-state index in [2.05, 4.69) is 5.32 Å². The Morgan fingerprint density at radius 2 is 2.05 bits per heavy atom. The molecule has 2 aromatic rings. The lowest BCUT2D eigenvalue weighted by Crippen LogP contribution is -2.24. The predicted molar refractivity (Wildman–Crippen MR) is 93.4 cm³/mol. The van der Waals surface area contributed by atoms with Crippen molar-refractivity contribution < 1.29 is 4.79 Å². The highest BCUT2D eigenvalue weighted by Gasteiger charge is 2.22. The highest BCUT2D eigenvalue weighted by atomic mass is 35.5. The molecular formula is C17H15Cl2NOS. The van der Waals surface area contributed by atoms with Gasteiger partial charge < -0.3 is 5.32 Å². The van der Waals surface area contributed by atoms with Crippen LogP contribution in [-0.4, -0.2) is 5.91 Å². The molecule has 1 aliphatic rings. The number of rotatable bonds is 4. The second-order valence-electron chi connectivity index (χ2n) is 5.20. The molecule has 1 aromatic carbocycles. The fraction of sp³-hybridized carbons (Fsp3) is 0.235. The molecule has 5 heteroatoms. The normalized spacial score (nSPS) is 14.5. The average molecular weight is 352 g/mol. The molecule has 0 unspecified atom stereocenters. The number of carbonyl (C=O) groups is 1. The maximum atomic E-state index is 12.5. The van der Waals surface area contributed by atoms with Gasteiger partial charge in [0, 0.05) is 10.5 Å². The molecule has 0 saturated carbocycles. The monoisotopic (exact) mass is 351 g/mol. The third-order valence-corrected chi connectivity index (χ3v) is 5.38. The minimum absolute atomic E-state index is 0.0203. The van der Waals surface area contributed by atoms with E-state index in [1.165, 1.54) is 0 Å². The van der Waals surface area contributed by atoms with Crippen molar-refractivity contribution in [3.63, 3.8) is 0 Å². The van der Waals surface area contributed by atoms with Gasteiger partial charge in [0.25, 0.3) is 0 Å². The summed E-state index contributed by atoms with van der Waals surface area (Å²) in [4.78, 5) is 13.6.